The number of nitrogens with one attached hydrogen (secondary N) is 1. The average Bonchev–Trinajstić information content (AvgIpc) is 3.50. The van der Waals surface area contributed by atoms with Crippen molar-refractivity contribution in [2.75, 3.05) is 5.73 Å². The normalized spacial score (nSPS) is 11.6. The monoisotopic (exact) mass is 542 g/mol. The molecule has 0 saturated carbocycles. The van der Waals surface area contributed by atoms with E-state index in [1.807, 2.05) is 67.6 Å². The Morgan fingerprint density at radius 3 is 2.62 bits per heavy atom. The van der Waals surface area contributed by atoms with Crippen molar-refractivity contribution < 1.29 is 4.79 Å². The van der Waals surface area contributed by atoms with Gasteiger partial charge in [0.2, 0.25) is 0 Å². The lowest BCUT2D eigenvalue weighted by molar-refractivity contribution is 0.0941. The topological polar surface area (TPSA) is 116 Å². The summed E-state index contributed by atoms with van der Waals surface area (Å²) in [5.74, 6) is 5.89. The molecule has 0 aliphatic heterocycles. The maximum absolute atomic E-state index is 14.2. The fourth-order valence-corrected chi connectivity index (χ4v) is 5.14. The number of amides is 1. The van der Waals surface area contributed by atoms with Crippen LogP contribution in [0.2, 0.25) is 0 Å². The Hall–Kier alpha value is -5.33. The number of pyridine rings is 3. The fraction of sp³-hybridized carbons (Fsp3) is 0.0645. The van der Waals surface area contributed by atoms with Gasteiger partial charge in [-0.2, -0.15) is 0 Å². The second-order valence-electron chi connectivity index (χ2n) is 9.09. The minimum absolute atomic E-state index is 0.0824. The Bertz CT molecular complexity index is 2010. The van der Waals surface area contributed by atoms with Crippen LogP contribution in [0.5, 0.6) is 0 Å². The number of hydrogen-bond donors (Lipinski definition) is 2. The van der Waals surface area contributed by atoms with E-state index in [-0.39, 0.29) is 16.9 Å². The molecular formula is C31H22N6O2S. The molecule has 0 unspecified atom stereocenters. The van der Waals surface area contributed by atoms with Gasteiger partial charge in [0, 0.05) is 34.7 Å². The van der Waals surface area contributed by atoms with Crippen LogP contribution >= 0.6 is 11.3 Å². The summed E-state index contributed by atoms with van der Waals surface area (Å²) in [6.45, 7) is 1.83. The highest BCUT2D eigenvalue weighted by Crippen LogP contribution is 2.25. The second kappa shape index (κ2) is 10.4. The zero-order valence-corrected chi connectivity index (χ0v) is 22.1. The molecule has 9 heteroatoms. The van der Waals surface area contributed by atoms with Crippen molar-refractivity contribution in [3.8, 4) is 17.5 Å². The van der Waals surface area contributed by atoms with E-state index in [0.29, 0.717) is 33.2 Å². The number of nitrogen functional groups attached to an aromatic ring is 1. The lowest BCUT2D eigenvalue weighted by Gasteiger charge is -2.21. The number of hydrogen-bond acceptors (Lipinski definition) is 7. The Labute approximate surface area is 233 Å². The van der Waals surface area contributed by atoms with Crippen LogP contribution in [-0.2, 0) is 0 Å². The van der Waals surface area contributed by atoms with Crippen LogP contribution < -0.4 is 16.6 Å². The van der Waals surface area contributed by atoms with Gasteiger partial charge in [-0.05, 0) is 54.6 Å². The van der Waals surface area contributed by atoms with E-state index < -0.39 is 11.9 Å². The number of rotatable bonds is 4. The summed E-state index contributed by atoms with van der Waals surface area (Å²) in [6, 6.07) is 19.8. The number of carbonyl (C=O) groups is 1. The highest BCUT2D eigenvalue weighted by atomic mass is 32.1. The minimum Gasteiger partial charge on any atom is -0.383 e. The first-order valence-corrected chi connectivity index (χ1v) is 13.3. The number of para-hydroxylation sites is 1. The summed E-state index contributed by atoms with van der Waals surface area (Å²) in [4.78, 5) is 41.1. The number of nitrogens with zero attached hydrogens (tertiary/aromatic N) is 4. The number of fused-ring (bicyclic) bond motifs is 2. The third-order valence-electron chi connectivity index (χ3n) is 6.54. The quantitative estimate of drug-likeness (QED) is 0.307. The molecule has 0 aliphatic rings. The molecule has 194 valence electrons. The number of thiazole rings is 1. The number of benzene rings is 2. The van der Waals surface area contributed by atoms with Crippen molar-refractivity contribution in [1.82, 2.24) is 24.8 Å². The molecule has 6 aromatic rings. The molecule has 0 fully saturated rings. The molecule has 8 nitrogen and oxygen atoms in total. The van der Waals surface area contributed by atoms with E-state index in [9.17, 15) is 9.59 Å². The van der Waals surface area contributed by atoms with Gasteiger partial charge in [-0.15, -0.1) is 11.3 Å². The molecule has 4 heterocycles. The summed E-state index contributed by atoms with van der Waals surface area (Å²) in [5, 5.41) is 4.93. The molecule has 0 aliphatic carbocycles. The standard InChI is InChI=1S/C31H22N6O2S/c1-19(36-30(38)27-28-22(9-6-14-34-28)16-35-29(27)32)25-15-21-8-5-7-20(12-13-24-17-33-18-40-24)26(21)31(39)37(25)23-10-3-2-4-11-23/h2-11,14-19H,1H3,(H2,32,35)(H,36,38)/t19-/m1/s1. The largest absolute Gasteiger partial charge is 0.383 e. The van der Waals surface area contributed by atoms with E-state index in [1.54, 1.807) is 34.7 Å². The van der Waals surface area contributed by atoms with Crippen LogP contribution in [0, 0.1) is 11.8 Å². The molecule has 0 spiro atoms. The zero-order valence-electron chi connectivity index (χ0n) is 21.3. The van der Waals surface area contributed by atoms with Crippen LogP contribution in [0.3, 0.4) is 0 Å². The Kier molecular flexibility index (Phi) is 6.52. The molecule has 0 bridgehead atoms. The van der Waals surface area contributed by atoms with E-state index in [4.69, 9.17) is 5.73 Å². The molecule has 6 rings (SSSR count). The first kappa shape index (κ1) is 25.0. The Morgan fingerprint density at radius 2 is 1.82 bits per heavy atom. The molecule has 0 saturated heterocycles. The van der Waals surface area contributed by atoms with Crippen molar-refractivity contribution in [1.29, 1.82) is 0 Å². The van der Waals surface area contributed by atoms with Gasteiger partial charge in [-0.1, -0.05) is 36.3 Å². The summed E-state index contributed by atoms with van der Waals surface area (Å²) < 4.78 is 1.62. The van der Waals surface area contributed by atoms with Crippen molar-refractivity contribution in [2.24, 2.45) is 0 Å². The third kappa shape index (κ3) is 4.57. The highest BCUT2D eigenvalue weighted by molar-refractivity contribution is 7.10. The number of carbonyl (C=O) groups excluding carboxylic acids is 1. The van der Waals surface area contributed by atoms with Crippen LogP contribution in [0.25, 0.3) is 27.4 Å². The molecule has 4 aromatic heterocycles. The van der Waals surface area contributed by atoms with Gasteiger partial charge >= 0.3 is 0 Å². The van der Waals surface area contributed by atoms with E-state index >= 15 is 0 Å². The molecule has 3 N–H and O–H groups in total. The van der Waals surface area contributed by atoms with Gasteiger partial charge in [0.1, 0.15) is 11.4 Å². The van der Waals surface area contributed by atoms with Gasteiger partial charge in [0.15, 0.2) is 0 Å². The fourth-order valence-electron chi connectivity index (χ4n) is 4.68. The van der Waals surface area contributed by atoms with Crippen molar-refractivity contribution in [2.45, 2.75) is 13.0 Å². The van der Waals surface area contributed by atoms with Gasteiger partial charge in [-0.3, -0.25) is 24.1 Å². The SMILES string of the molecule is C[C@@H](NC(=O)c1c(N)ncc2cccnc12)c1cc2cccc(C#Cc3cncs3)c2c(=O)n1-c1ccccc1. The van der Waals surface area contributed by atoms with Gasteiger partial charge in [-0.25, -0.2) is 4.98 Å². The maximum atomic E-state index is 14.2. The summed E-state index contributed by atoms with van der Waals surface area (Å²) in [6.07, 6.45) is 4.89. The predicted molar refractivity (Wildman–Crippen MR) is 157 cm³/mol. The number of anilines is 1. The third-order valence-corrected chi connectivity index (χ3v) is 7.22. The summed E-state index contributed by atoms with van der Waals surface area (Å²) in [7, 11) is 0. The van der Waals surface area contributed by atoms with E-state index in [2.05, 4.69) is 32.1 Å². The van der Waals surface area contributed by atoms with E-state index in [0.717, 1.165) is 10.3 Å². The molecule has 1 atom stereocenters. The van der Waals surface area contributed by atoms with Crippen molar-refractivity contribution in [3.05, 3.63) is 123 Å². The molecule has 1 amide bonds. The minimum atomic E-state index is -0.574. The number of nitrogens with two attached hydrogens (primary N) is 1. The average molecular weight is 543 g/mol. The number of aromatic nitrogens is 4. The first-order valence-electron chi connectivity index (χ1n) is 12.5. The van der Waals surface area contributed by atoms with Crippen molar-refractivity contribution >= 4 is 44.7 Å². The lowest BCUT2D eigenvalue weighted by Crippen LogP contribution is -2.33. The summed E-state index contributed by atoms with van der Waals surface area (Å²) >= 11 is 1.44. The van der Waals surface area contributed by atoms with E-state index in [1.165, 1.54) is 11.3 Å². The molecular weight excluding hydrogens is 520 g/mol. The van der Waals surface area contributed by atoms with Crippen LogP contribution in [0.15, 0.2) is 95.6 Å². The molecule has 2 aromatic carbocycles. The molecule has 0 radical (unpaired) electrons. The smallest absolute Gasteiger partial charge is 0.264 e. The van der Waals surface area contributed by atoms with Crippen LogP contribution in [-0.4, -0.2) is 25.4 Å². The second-order valence-corrected chi connectivity index (χ2v) is 9.97. The maximum Gasteiger partial charge on any atom is 0.264 e. The predicted octanol–water partition coefficient (Wildman–Crippen LogP) is 4.86. The van der Waals surface area contributed by atoms with Gasteiger partial charge in [0.25, 0.3) is 11.5 Å². The Balaban J connectivity index is 1.49. The Morgan fingerprint density at radius 1 is 1.00 bits per heavy atom. The molecule has 40 heavy (non-hydrogen) atoms. The summed E-state index contributed by atoms with van der Waals surface area (Å²) in [5.41, 5.74) is 10.1. The lowest BCUT2D eigenvalue weighted by atomic mass is 10.0. The van der Waals surface area contributed by atoms with Crippen molar-refractivity contribution in [3.63, 3.8) is 0 Å². The van der Waals surface area contributed by atoms with Gasteiger partial charge in [0.05, 0.1) is 33.5 Å². The zero-order chi connectivity index (χ0) is 27.6. The highest BCUT2D eigenvalue weighted by Gasteiger charge is 2.22. The van der Waals surface area contributed by atoms with Crippen LogP contribution in [0.4, 0.5) is 5.82 Å². The van der Waals surface area contributed by atoms with Crippen LogP contribution in [0.1, 0.15) is 39.5 Å². The van der Waals surface area contributed by atoms with Gasteiger partial charge < -0.3 is 11.1 Å². The first-order chi connectivity index (χ1) is 19.5.